The van der Waals surface area contributed by atoms with Crippen molar-refractivity contribution in [2.75, 3.05) is 6.54 Å². The van der Waals surface area contributed by atoms with E-state index >= 15 is 0 Å². The normalized spacial score (nSPS) is 11.1. The Labute approximate surface area is 79.9 Å². The maximum Gasteiger partial charge on any atom is 0.318 e. The van der Waals surface area contributed by atoms with E-state index in [1.54, 1.807) is 0 Å². The molecule has 1 aromatic heterocycles. The summed E-state index contributed by atoms with van der Waals surface area (Å²) in [7, 11) is -3.86. The highest BCUT2D eigenvalue weighted by Gasteiger charge is 2.16. The van der Waals surface area contributed by atoms with Gasteiger partial charge in [0.1, 0.15) is 6.54 Å². The summed E-state index contributed by atoms with van der Waals surface area (Å²) in [6, 6.07) is 0. The average molecular weight is 217 g/mol. The topological polar surface area (TPSA) is 109 Å². The van der Waals surface area contributed by atoms with Gasteiger partial charge in [-0.1, -0.05) is 0 Å². The SMILES string of the molecule is O=C(O)CNS(=O)(=O)c1cnccn1. The zero-order chi connectivity index (χ0) is 10.6. The van der Waals surface area contributed by atoms with Gasteiger partial charge in [-0.15, -0.1) is 0 Å². The molecule has 0 bridgehead atoms. The third kappa shape index (κ3) is 2.75. The van der Waals surface area contributed by atoms with Crippen molar-refractivity contribution in [2.45, 2.75) is 5.03 Å². The van der Waals surface area contributed by atoms with E-state index in [9.17, 15) is 13.2 Å². The molecule has 1 heterocycles. The Morgan fingerprint density at radius 3 is 2.71 bits per heavy atom. The highest BCUT2D eigenvalue weighted by atomic mass is 32.2. The van der Waals surface area contributed by atoms with E-state index in [4.69, 9.17) is 5.11 Å². The lowest BCUT2D eigenvalue weighted by Gasteiger charge is -2.01. The van der Waals surface area contributed by atoms with Crippen molar-refractivity contribution in [3.8, 4) is 0 Å². The van der Waals surface area contributed by atoms with Crippen LogP contribution in [-0.4, -0.2) is 36.0 Å². The fraction of sp³-hybridized carbons (Fsp3) is 0.167. The van der Waals surface area contributed by atoms with Gasteiger partial charge in [0.25, 0.3) is 10.0 Å². The Bertz CT molecular complexity index is 416. The molecule has 2 N–H and O–H groups in total. The van der Waals surface area contributed by atoms with E-state index in [1.165, 1.54) is 12.4 Å². The van der Waals surface area contributed by atoms with Crippen molar-refractivity contribution in [1.82, 2.24) is 14.7 Å². The standard InChI is InChI=1S/C6H7N3O4S/c10-6(11)4-9-14(12,13)5-3-7-1-2-8-5/h1-3,9H,4H2,(H,10,11). The van der Waals surface area contributed by atoms with Crippen LogP contribution in [0.15, 0.2) is 23.6 Å². The fourth-order valence-electron chi connectivity index (χ4n) is 0.655. The van der Waals surface area contributed by atoms with Crippen LogP contribution < -0.4 is 4.72 Å². The zero-order valence-corrected chi connectivity index (χ0v) is 7.73. The second-order valence-electron chi connectivity index (χ2n) is 2.26. The van der Waals surface area contributed by atoms with Gasteiger partial charge in [-0.25, -0.2) is 13.4 Å². The number of hydrogen-bond donors (Lipinski definition) is 2. The van der Waals surface area contributed by atoms with E-state index in [0.29, 0.717) is 0 Å². The molecule has 0 amide bonds. The maximum atomic E-state index is 11.3. The van der Waals surface area contributed by atoms with Crippen LogP contribution in [0.5, 0.6) is 0 Å². The van der Waals surface area contributed by atoms with Gasteiger partial charge >= 0.3 is 5.97 Å². The van der Waals surface area contributed by atoms with E-state index in [2.05, 4.69) is 9.97 Å². The first-order valence-electron chi connectivity index (χ1n) is 3.50. The third-order valence-corrected chi connectivity index (χ3v) is 2.51. The van der Waals surface area contributed by atoms with Crippen molar-refractivity contribution in [3.63, 3.8) is 0 Å². The molecule has 0 fully saturated rings. The molecule has 1 rings (SSSR count). The van der Waals surface area contributed by atoms with Crippen molar-refractivity contribution < 1.29 is 18.3 Å². The summed E-state index contributed by atoms with van der Waals surface area (Å²) in [5, 5.41) is 7.96. The first kappa shape index (κ1) is 10.5. The first-order valence-corrected chi connectivity index (χ1v) is 4.98. The number of carboxylic acids is 1. The van der Waals surface area contributed by atoms with Crippen molar-refractivity contribution in [2.24, 2.45) is 0 Å². The molecule has 0 saturated carbocycles. The minimum atomic E-state index is -3.86. The zero-order valence-electron chi connectivity index (χ0n) is 6.91. The lowest BCUT2D eigenvalue weighted by atomic mass is 10.7. The molecule has 0 atom stereocenters. The summed E-state index contributed by atoms with van der Waals surface area (Å²) in [4.78, 5) is 17.2. The minimum absolute atomic E-state index is 0.304. The highest BCUT2D eigenvalue weighted by Crippen LogP contribution is 1.99. The van der Waals surface area contributed by atoms with Crippen LogP contribution in [0.25, 0.3) is 0 Å². The van der Waals surface area contributed by atoms with Crippen molar-refractivity contribution >= 4 is 16.0 Å². The van der Waals surface area contributed by atoms with E-state index < -0.39 is 22.5 Å². The number of hydrogen-bond acceptors (Lipinski definition) is 5. The summed E-state index contributed by atoms with van der Waals surface area (Å²) in [5.74, 6) is -1.27. The van der Waals surface area contributed by atoms with Crippen LogP contribution in [-0.2, 0) is 14.8 Å². The van der Waals surface area contributed by atoms with Gasteiger partial charge < -0.3 is 5.11 Å². The second-order valence-corrected chi connectivity index (χ2v) is 3.98. The van der Waals surface area contributed by atoms with Crippen molar-refractivity contribution in [1.29, 1.82) is 0 Å². The van der Waals surface area contributed by atoms with Crippen LogP contribution in [0.1, 0.15) is 0 Å². The Balaban J connectivity index is 2.82. The van der Waals surface area contributed by atoms with E-state index in [0.717, 1.165) is 6.20 Å². The van der Waals surface area contributed by atoms with Gasteiger partial charge in [0, 0.05) is 12.4 Å². The predicted octanol–water partition coefficient (Wildman–Crippen LogP) is -1.16. The first-order chi connectivity index (χ1) is 6.52. The Morgan fingerprint density at radius 2 is 2.21 bits per heavy atom. The third-order valence-electron chi connectivity index (χ3n) is 1.23. The number of aromatic nitrogens is 2. The summed E-state index contributed by atoms with van der Waals surface area (Å²) in [6.07, 6.45) is 3.55. The van der Waals surface area contributed by atoms with E-state index in [-0.39, 0.29) is 5.03 Å². The molecule has 0 aliphatic heterocycles. The fourth-order valence-corrected chi connectivity index (χ4v) is 1.52. The summed E-state index contributed by atoms with van der Waals surface area (Å²) >= 11 is 0. The quantitative estimate of drug-likeness (QED) is 0.658. The Kier molecular flexibility index (Phi) is 3.10. The second kappa shape index (κ2) is 4.11. The smallest absolute Gasteiger partial charge is 0.318 e. The molecule has 0 unspecified atom stereocenters. The number of carboxylic acid groups (broad SMARTS) is 1. The molecular weight excluding hydrogens is 210 g/mol. The number of nitrogens with zero attached hydrogens (tertiary/aromatic N) is 2. The lowest BCUT2D eigenvalue weighted by molar-refractivity contribution is -0.135. The van der Waals surface area contributed by atoms with Crippen LogP contribution in [0.4, 0.5) is 0 Å². The average Bonchev–Trinajstić information content (AvgIpc) is 2.16. The van der Waals surface area contributed by atoms with Crippen LogP contribution in [0, 0.1) is 0 Å². The maximum absolute atomic E-state index is 11.3. The molecule has 76 valence electrons. The van der Waals surface area contributed by atoms with Gasteiger partial charge in [-0.3, -0.25) is 9.78 Å². The van der Waals surface area contributed by atoms with Crippen LogP contribution in [0.2, 0.25) is 0 Å². The number of carbonyl (C=O) groups is 1. The van der Waals surface area contributed by atoms with Gasteiger partial charge in [0.2, 0.25) is 0 Å². The molecule has 7 nitrogen and oxygen atoms in total. The molecule has 1 aromatic rings. The number of nitrogens with one attached hydrogen (secondary N) is 1. The Morgan fingerprint density at radius 1 is 1.50 bits per heavy atom. The molecular formula is C6H7N3O4S. The molecule has 0 spiro atoms. The largest absolute Gasteiger partial charge is 0.480 e. The minimum Gasteiger partial charge on any atom is -0.480 e. The number of sulfonamides is 1. The molecule has 0 saturated heterocycles. The predicted molar refractivity (Wildman–Crippen MR) is 44.9 cm³/mol. The van der Waals surface area contributed by atoms with E-state index in [1.807, 2.05) is 4.72 Å². The van der Waals surface area contributed by atoms with Gasteiger partial charge in [-0.2, -0.15) is 4.72 Å². The van der Waals surface area contributed by atoms with Gasteiger partial charge in [-0.05, 0) is 0 Å². The Hall–Kier alpha value is -1.54. The highest BCUT2D eigenvalue weighted by molar-refractivity contribution is 7.89. The molecule has 0 radical (unpaired) electrons. The number of rotatable bonds is 4. The van der Waals surface area contributed by atoms with Crippen LogP contribution in [0.3, 0.4) is 0 Å². The van der Waals surface area contributed by atoms with Crippen LogP contribution >= 0.6 is 0 Å². The number of aliphatic carboxylic acids is 1. The molecule has 14 heavy (non-hydrogen) atoms. The molecule has 8 heteroatoms. The summed E-state index contributed by atoms with van der Waals surface area (Å²) in [5.41, 5.74) is 0. The molecule has 0 aliphatic carbocycles. The van der Waals surface area contributed by atoms with Crippen molar-refractivity contribution in [3.05, 3.63) is 18.6 Å². The summed E-state index contributed by atoms with van der Waals surface area (Å²) < 4.78 is 24.4. The monoisotopic (exact) mass is 217 g/mol. The summed E-state index contributed by atoms with van der Waals surface area (Å²) in [6.45, 7) is -0.682. The molecule has 0 aromatic carbocycles. The lowest BCUT2D eigenvalue weighted by Crippen LogP contribution is -2.30. The van der Waals surface area contributed by atoms with Gasteiger partial charge in [0.05, 0.1) is 6.20 Å². The molecule has 0 aliphatic rings. The van der Waals surface area contributed by atoms with Gasteiger partial charge in [0.15, 0.2) is 5.03 Å².